The number of thiazole rings is 1. The van der Waals surface area contributed by atoms with Crippen LogP contribution in [0.4, 0.5) is 5.13 Å². The third-order valence-corrected chi connectivity index (χ3v) is 6.68. The molecule has 3 aromatic heterocycles. The van der Waals surface area contributed by atoms with Crippen LogP contribution in [-0.4, -0.2) is 36.4 Å². The first-order valence-electron chi connectivity index (χ1n) is 10.5. The third kappa shape index (κ3) is 4.90. The van der Waals surface area contributed by atoms with Gasteiger partial charge in [-0.15, -0.1) is 21.5 Å². The van der Waals surface area contributed by atoms with Crippen molar-refractivity contribution in [1.29, 1.82) is 0 Å². The molecule has 0 radical (unpaired) electrons. The smallest absolute Gasteiger partial charge is 0.236 e. The summed E-state index contributed by atoms with van der Waals surface area (Å²) >= 11 is 2.73. The van der Waals surface area contributed by atoms with E-state index in [2.05, 4.69) is 25.5 Å². The Labute approximate surface area is 204 Å². The molecule has 168 valence electrons. The topological polar surface area (TPSA) is 85.6 Å². The summed E-state index contributed by atoms with van der Waals surface area (Å²) in [5.41, 5.74) is 4.83. The lowest BCUT2D eigenvalue weighted by Crippen LogP contribution is -2.14. The van der Waals surface area contributed by atoms with Gasteiger partial charge in [-0.3, -0.25) is 14.3 Å². The van der Waals surface area contributed by atoms with E-state index in [9.17, 15) is 4.79 Å². The first-order valence-corrected chi connectivity index (χ1v) is 12.4. The number of carbonyl (C=O) groups is 1. The van der Waals surface area contributed by atoms with E-state index < -0.39 is 0 Å². The van der Waals surface area contributed by atoms with E-state index in [1.165, 1.54) is 28.7 Å². The molecule has 3 heterocycles. The average molecular weight is 485 g/mol. The molecule has 1 N–H and O–H groups in total. The minimum Gasteiger partial charge on any atom is -0.301 e. The molecule has 0 unspecified atom stereocenters. The Bertz CT molecular complexity index is 1400. The molecular weight excluding hydrogens is 464 g/mol. The van der Waals surface area contributed by atoms with Crippen LogP contribution in [0.3, 0.4) is 0 Å². The first-order chi connectivity index (χ1) is 16.7. The molecular formula is C25H20N6OS2. The molecule has 0 aliphatic carbocycles. The number of anilines is 1. The van der Waals surface area contributed by atoms with Gasteiger partial charge < -0.3 is 5.32 Å². The van der Waals surface area contributed by atoms with Gasteiger partial charge in [-0.2, -0.15) is 0 Å². The fourth-order valence-electron chi connectivity index (χ4n) is 3.33. The number of para-hydroxylation sites is 1. The zero-order valence-electron chi connectivity index (χ0n) is 18.3. The predicted molar refractivity (Wildman–Crippen MR) is 136 cm³/mol. The summed E-state index contributed by atoms with van der Waals surface area (Å²) in [4.78, 5) is 21.4. The number of hydrogen-bond acceptors (Lipinski definition) is 7. The Morgan fingerprint density at radius 1 is 1.00 bits per heavy atom. The maximum absolute atomic E-state index is 12.7. The molecule has 5 aromatic rings. The van der Waals surface area contributed by atoms with Crippen LogP contribution in [-0.2, 0) is 4.79 Å². The second kappa shape index (κ2) is 9.98. The van der Waals surface area contributed by atoms with E-state index in [1.807, 2.05) is 83.6 Å². The van der Waals surface area contributed by atoms with Crippen molar-refractivity contribution in [3.05, 3.63) is 90.1 Å². The molecule has 5 rings (SSSR count). The summed E-state index contributed by atoms with van der Waals surface area (Å²) in [6.07, 6.45) is 3.47. The lowest BCUT2D eigenvalue weighted by atomic mass is 10.1. The van der Waals surface area contributed by atoms with Crippen LogP contribution >= 0.6 is 23.1 Å². The van der Waals surface area contributed by atoms with Crippen molar-refractivity contribution in [3.8, 4) is 28.3 Å². The molecule has 7 nitrogen and oxygen atoms in total. The number of aromatic nitrogens is 5. The zero-order valence-corrected chi connectivity index (χ0v) is 19.9. The Kier molecular flexibility index (Phi) is 6.46. The van der Waals surface area contributed by atoms with Crippen molar-refractivity contribution in [2.75, 3.05) is 11.1 Å². The summed E-state index contributed by atoms with van der Waals surface area (Å²) in [6.45, 7) is 2.05. The molecule has 1 amide bonds. The quantitative estimate of drug-likeness (QED) is 0.307. The van der Waals surface area contributed by atoms with E-state index in [0.717, 1.165) is 22.5 Å². The maximum Gasteiger partial charge on any atom is 0.236 e. The Morgan fingerprint density at radius 2 is 1.82 bits per heavy atom. The van der Waals surface area contributed by atoms with E-state index in [4.69, 9.17) is 0 Å². The van der Waals surface area contributed by atoms with E-state index in [-0.39, 0.29) is 11.7 Å². The van der Waals surface area contributed by atoms with Crippen molar-refractivity contribution in [2.24, 2.45) is 0 Å². The normalized spacial score (nSPS) is 10.9. The highest BCUT2D eigenvalue weighted by atomic mass is 32.2. The van der Waals surface area contributed by atoms with Gasteiger partial charge >= 0.3 is 0 Å². The molecule has 0 fully saturated rings. The van der Waals surface area contributed by atoms with Gasteiger partial charge in [0.05, 0.1) is 11.4 Å². The molecule has 0 saturated heterocycles. The lowest BCUT2D eigenvalue weighted by Gasteiger charge is -2.10. The van der Waals surface area contributed by atoms with Gasteiger partial charge in [0.25, 0.3) is 0 Å². The highest BCUT2D eigenvalue weighted by molar-refractivity contribution is 7.99. The van der Waals surface area contributed by atoms with Crippen molar-refractivity contribution in [1.82, 2.24) is 24.7 Å². The highest BCUT2D eigenvalue weighted by Crippen LogP contribution is 2.28. The molecule has 34 heavy (non-hydrogen) atoms. The van der Waals surface area contributed by atoms with Crippen molar-refractivity contribution in [2.45, 2.75) is 12.1 Å². The first kappa shape index (κ1) is 22.0. The molecule has 2 aromatic carbocycles. The molecule has 0 spiro atoms. The predicted octanol–water partition coefficient (Wildman–Crippen LogP) is 5.49. The van der Waals surface area contributed by atoms with Crippen LogP contribution in [0, 0.1) is 6.92 Å². The number of rotatable bonds is 7. The summed E-state index contributed by atoms with van der Waals surface area (Å²) < 4.78 is 1.94. The van der Waals surface area contributed by atoms with E-state index in [1.54, 1.807) is 12.4 Å². The number of pyridine rings is 1. The van der Waals surface area contributed by atoms with Gasteiger partial charge in [0.1, 0.15) is 0 Å². The SMILES string of the molecule is Cc1ccc(-c2csc(NC(=O)CSc3nnc(-c4cccnc4)n3-c3ccccc3)n2)cc1. The number of thioether (sulfide) groups is 1. The summed E-state index contributed by atoms with van der Waals surface area (Å²) in [5.74, 6) is 0.697. The van der Waals surface area contributed by atoms with Crippen molar-refractivity contribution >= 4 is 34.1 Å². The van der Waals surface area contributed by atoms with Gasteiger partial charge in [0, 0.05) is 34.6 Å². The monoisotopic (exact) mass is 484 g/mol. The summed E-state index contributed by atoms with van der Waals surface area (Å²) in [6, 6.07) is 21.8. The number of nitrogens with zero attached hydrogens (tertiary/aromatic N) is 5. The number of aryl methyl sites for hydroxylation is 1. The number of amides is 1. The van der Waals surface area contributed by atoms with Crippen LogP contribution in [0.2, 0.25) is 0 Å². The fraction of sp³-hybridized carbons (Fsp3) is 0.0800. The molecule has 0 saturated carbocycles. The second-order valence-corrected chi connectivity index (χ2v) is 9.26. The van der Waals surface area contributed by atoms with Gasteiger partial charge in [-0.25, -0.2) is 4.98 Å². The van der Waals surface area contributed by atoms with Crippen LogP contribution in [0.15, 0.2) is 89.7 Å². The summed E-state index contributed by atoms with van der Waals surface area (Å²) in [5, 5.41) is 14.8. The number of carbonyl (C=O) groups excluding carboxylic acids is 1. The van der Waals surface area contributed by atoms with Crippen molar-refractivity contribution < 1.29 is 4.79 Å². The Balaban J connectivity index is 1.31. The fourth-order valence-corrected chi connectivity index (χ4v) is 4.82. The number of hydrogen-bond donors (Lipinski definition) is 1. The maximum atomic E-state index is 12.7. The van der Waals surface area contributed by atoms with Crippen LogP contribution in [0.25, 0.3) is 28.3 Å². The summed E-state index contributed by atoms with van der Waals surface area (Å²) in [7, 11) is 0. The Morgan fingerprint density at radius 3 is 2.59 bits per heavy atom. The zero-order chi connectivity index (χ0) is 23.3. The molecule has 0 aliphatic rings. The minimum absolute atomic E-state index is 0.152. The van der Waals surface area contributed by atoms with Crippen LogP contribution in [0.1, 0.15) is 5.56 Å². The highest BCUT2D eigenvalue weighted by Gasteiger charge is 2.18. The molecule has 0 atom stereocenters. The van der Waals surface area contributed by atoms with Gasteiger partial charge in [-0.1, -0.05) is 59.8 Å². The third-order valence-electron chi connectivity index (χ3n) is 5.00. The Hall–Kier alpha value is -3.82. The van der Waals surface area contributed by atoms with Crippen LogP contribution < -0.4 is 5.32 Å². The van der Waals surface area contributed by atoms with Crippen molar-refractivity contribution in [3.63, 3.8) is 0 Å². The van der Waals surface area contributed by atoms with Gasteiger partial charge in [0.15, 0.2) is 16.1 Å². The van der Waals surface area contributed by atoms with E-state index >= 15 is 0 Å². The molecule has 0 bridgehead atoms. The largest absolute Gasteiger partial charge is 0.301 e. The molecule has 9 heteroatoms. The van der Waals surface area contributed by atoms with Gasteiger partial charge in [0.2, 0.25) is 5.91 Å². The standard InChI is InChI=1S/C25H20N6OS2/c1-17-9-11-18(12-10-17)21-15-33-24(27-21)28-22(32)16-34-25-30-29-23(19-6-5-13-26-14-19)31(25)20-7-3-2-4-8-20/h2-15H,16H2,1H3,(H,27,28,32). The van der Waals surface area contributed by atoms with Crippen LogP contribution in [0.5, 0.6) is 0 Å². The average Bonchev–Trinajstić information content (AvgIpc) is 3.51. The van der Waals surface area contributed by atoms with Gasteiger partial charge in [-0.05, 0) is 31.2 Å². The second-order valence-electron chi connectivity index (χ2n) is 7.46. The number of benzene rings is 2. The lowest BCUT2D eigenvalue weighted by molar-refractivity contribution is -0.113. The molecule has 0 aliphatic heterocycles. The number of nitrogens with one attached hydrogen (secondary N) is 1. The van der Waals surface area contributed by atoms with E-state index in [0.29, 0.717) is 16.1 Å². The minimum atomic E-state index is -0.152.